The number of benzene rings is 1. The molecule has 0 aliphatic rings. The van der Waals surface area contributed by atoms with Gasteiger partial charge in [0.15, 0.2) is 0 Å². The molecule has 7 nitrogen and oxygen atoms in total. The van der Waals surface area contributed by atoms with Gasteiger partial charge in [0.1, 0.15) is 5.69 Å². The summed E-state index contributed by atoms with van der Waals surface area (Å²) in [6.45, 7) is 3.67. The summed E-state index contributed by atoms with van der Waals surface area (Å²) in [4.78, 5) is 16.2. The lowest BCUT2D eigenvalue weighted by Gasteiger charge is -2.17. The monoisotopic (exact) mass is 507 g/mol. The van der Waals surface area contributed by atoms with Gasteiger partial charge in [0.2, 0.25) is 11.8 Å². The summed E-state index contributed by atoms with van der Waals surface area (Å²) in [6.07, 6.45) is 1.50. The maximum atomic E-state index is 13.4. The number of pyridine rings is 1. The number of unbranched alkanes of at least 4 members (excludes halogenated alkanes) is 1. The third kappa shape index (κ3) is 7.05. The average Bonchev–Trinajstić information content (AvgIpc) is 2.76. The second-order valence-electron chi connectivity index (χ2n) is 7.27. The first kappa shape index (κ1) is 26.9. The van der Waals surface area contributed by atoms with Crippen molar-refractivity contribution in [1.29, 1.82) is 0 Å². The van der Waals surface area contributed by atoms with Gasteiger partial charge in [-0.05, 0) is 59.3 Å². The van der Waals surface area contributed by atoms with Crippen molar-refractivity contribution < 1.29 is 31.2 Å². The first-order valence-corrected chi connectivity index (χ1v) is 11.9. The Labute approximate surface area is 195 Å². The molecule has 0 fully saturated rings. The number of sulfonamides is 1. The Balaban J connectivity index is 2.18. The van der Waals surface area contributed by atoms with E-state index < -0.39 is 37.5 Å². The van der Waals surface area contributed by atoms with Crippen molar-refractivity contribution in [1.82, 2.24) is 14.8 Å². The minimum Gasteiger partial charge on any atom is -0.477 e. The predicted octanol–water partition coefficient (Wildman–Crippen LogP) is 4.47. The summed E-state index contributed by atoms with van der Waals surface area (Å²) in [5, 5.41) is -1.01. The van der Waals surface area contributed by atoms with Crippen LogP contribution in [0.1, 0.15) is 49.4 Å². The summed E-state index contributed by atoms with van der Waals surface area (Å²) in [5.74, 6) is -1.31. The molecule has 1 atom stereocenters. The largest absolute Gasteiger partial charge is 0.477 e. The number of amides is 1. The Hall–Kier alpha value is -2.37. The Bertz CT molecular complexity index is 1080. The number of hydrogen-bond acceptors (Lipinski definition) is 5. The number of ether oxygens (including phenoxy) is 1. The summed E-state index contributed by atoms with van der Waals surface area (Å²) < 4.78 is 69.3. The molecule has 0 saturated carbocycles. The second kappa shape index (κ2) is 11.2. The molecule has 1 amide bonds. The first-order valence-electron chi connectivity index (χ1n) is 10.1. The molecular formula is C21H25ClF3N3O4S. The number of halogens is 4. The highest BCUT2D eigenvalue weighted by Gasteiger charge is 2.31. The maximum absolute atomic E-state index is 13.4. The van der Waals surface area contributed by atoms with E-state index in [-0.39, 0.29) is 23.9 Å². The van der Waals surface area contributed by atoms with Gasteiger partial charge in [-0.3, -0.25) is 4.79 Å². The van der Waals surface area contributed by atoms with E-state index in [4.69, 9.17) is 16.3 Å². The molecule has 1 heterocycles. The summed E-state index contributed by atoms with van der Waals surface area (Å²) in [5.41, 5.74) is 0.0479. The minimum absolute atomic E-state index is 0.0618. The molecule has 1 unspecified atom stereocenters. The van der Waals surface area contributed by atoms with Crippen LogP contribution in [0.3, 0.4) is 0 Å². The lowest BCUT2D eigenvalue weighted by Crippen LogP contribution is -2.28. The van der Waals surface area contributed by atoms with E-state index in [0.29, 0.717) is 17.5 Å². The quantitative estimate of drug-likeness (QED) is 0.275. The normalized spacial score (nSPS) is 13.1. The van der Waals surface area contributed by atoms with E-state index in [1.165, 1.54) is 24.3 Å². The fourth-order valence-corrected chi connectivity index (χ4v) is 3.71. The molecule has 0 radical (unpaired) electrons. The van der Waals surface area contributed by atoms with Crippen LogP contribution >= 0.6 is 11.6 Å². The molecule has 12 heteroatoms. The van der Waals surface area contributed by atoms with Crippen molar-refractivity contribution in [3.63, 3.8) is 0 Å². The molecule has 2 aromatic rings. The number of alkyl halides is 3. The van der Waals surface area contributed by atoms with E-state index in [0.717, 1.165) is 19.5 Å². The van der Waals surface area contributed by atoms with Gasteiger partial charge < -0.3 is 10.1 Å². The number of nitrogens with one attached hydrogen (secondary N) is 1. The summed E-state index contributed by atoms with van der Waals surface area (Å²) in [7, 11) is -3.55. The van der Waals surface area contributed by atoms with E-state index in [9.17, 15) is 26.5 Å². The second-order valence-corrected chi connectivity index (χ2v) is 9.67. The van der Waals surface area contributed by atoms with Gasteiger partial charge in [0, 0.05) is 19.2 Å². The average molecular weight is 508 g/mol. The Morgan fingerprint density at radius 1 is 1.30 bits per heavy atom. The van der Waals surface area contributed by atoms with Crippen LogP contribution in [-0.2, 0) is 26.7 Å². The maximum Gasteiger partial charge on any atom is 0.364 e. The van der Waals surface area contributed by atoms with Crippen molar-refractivity contribution >= 4 is 27.5 Å². The molecule has 0 bridgehead atoms. The zero-order chi connectivity index (χ0) is 24.8. The number of rotatable bonds is 11. The van der Waals surface area contributed by atoms with E-state index in [1.54, 1.807) is 13.0 Å². The number of carbonyl (C=O) groups is 1. The lowest BCUT2D eigenvalue weighted by atomic mass is 10.0. The number of aromatic nitrogens is 1. The van der Waals surface area contributed by atoms with Crippen LogP contribution in [-0.4, -0.2) is 37.5 Å². The van der Waals surface area contributed by atoms with Crippen LogP contribution in [0.2, 0.25) is 0 Å². The van der Waals surface area contributed by atoms with Gasteiger partial charge in [-0.2, -0.15) is 8.78 Å². The molecular weight excluding hydrogens is 483 g/mol. The fourth-order valence-electron chi connectivity index (χ4n) is 2.78. The Morgan fingerprint density at radius 3 is 2.61 bits per heavy atom. The van der Waals surface area contributed by atoms with Crippen LogP contribution in [0.4, 0.5) is 13.3 Å². The van der Waals surface area contributed by atoms with Crippen LogP contribution in [0, 0.1) is 0 Å². The standard InChI is InChI=1S/C21H25ClF3N3O4S/c1-4-5-11-32-20-16(9-10-18(27-20)21(22,23)24)13-26-19(29)14(2)15-7-6-8-17(12-15)33(30,31)28(3)25/h6-10,12,14H,4-5,11,13H2,1-3H3,(H,26,29). The van der Waals surface area contributed by atoms with Crippen molar-refractivity contribution in [2.24, 2.45) is 0 Å². The number of hydrogen-bond donors (Lipinski definition) is 1. The fraction of sp³-hybridized carbons (Fsp3) is 0.429. The zero-order valence-corrected chi connectivity index (χ0v) is 19.9. The van der Waals surface area contributed by atoms with Crippen LogP contribution in [0.5, 0.6) is 5.88 Å². The zero-order valence-electron chi connectivity index (χ0n) is 18.3. The Kier molecular flexibility index (Phi) is 9.10. The van der Waals surface area contributed by atoms with Crippen molar-refractivity contribution in [3.8, 4) is 5.88 Å². The lowest BCUT2D eigenvalue weighted by molar-refractivity contribution is -0.122. The Morgan fingerprint density at radius 2 is 2.00 bits per heavy atom. The van der Waals surface area contributed by atoms with Crippen molar-refractivity contribution in [2.45, 2.75) is 49.4 Å². The first-order chi connectivity index (χ1) is 15.4. The van der Waals surface area contributed by atoms with E-state index in [1.807, 2.05) is 6.92 Å². The molecule has 1 N–H and O–H groups in total. The predicted molar refractivity (Wildman–Crippen MR) is 117 cm³/mol. The van der Waals surface area contributed by atoms with E-state index >= 15 is 0 Å². The number of carbonyl (C=O) groups excluding carboxylic acids is 1. The molecule has 0 saturated heterocycles. The van der Waals surface area contributed by atoms with Crippen LogP contribution in [0.25, 0.3) is 0 Å². The highest BCUT2D eigenvalue weighted by atomic mass is 35.5. The topological polar surface area (TPSA) is 88.6 Å². The molecule has 33 heavy (non-hydrogen) atoms. The SMILES string of the molecule is CCCCOc1nc(C(F)(F)Cl)ccc1CNC(=O)C(C)c1cccc(S(=O)(=O)N(C)F)c1. The molecule has 0 aliphatic carbocycles. The van der Waals surface area contributed by atoms with Crippen molar-refractivity contribution in [2.75, 3.05) is 13.7 Å². The molecule has 0 spiro atoms. The molecule has 182 valence electrons. The molecule has 1 aromatic carbocycles. The highest BCUT2D eigenvalue weighted by Crippen LogP contribution is 2.33. The molecule has 1 aromatic heterocycles. The third-order valence-corrected chi connectivity index (χ3v) is 6.51. The summed E-state index contributed by atoms with van der Waals surface area (Å²) >= 11 is 5.06. The van der Waals surface area contributed by atoms with Gasteiger partial charge in [0.25, 0.3) is 10.0 Å². The molecule has 2 rings (SSSR count). The number of nitrogens with zero attached hydrogens (tertiary/aromatic N) is 2. The highest BCUT2D eigenvalue weighted by molar-refractivity contribution is 7.89. The van der Waals surface area contributed by atoms with Gasteiger partial charge in [-0.25, -0.2) is 13.4 Å². The van der Waals surface area contributed by atoms with Gasteiger partial charge in [0.05, 0.1) is 17.4 Å². The summed E-state index contributed by atoms with van der Waals surface area (Å²) in [6, 6.07) is 7.78. The van der Waals surface area contributed by atoms with Gasteiger partial charge in [-0.15, -0.1) is 4.48 Å². The van der Waals surface area contributed by atoms with E-state index in [2.05, 4.69) is 10.3 Å². The van der Waals surface area contributed by atoms with Crippen molar-refractivity contribution in [3.05, 3.63) is 53.2 Å². The minimum atomic E-state index is -4.31. The van der Waals surface area contributed by atoms with Crippen LogP contribution < -0.4 is 10.1 Å². The smallest absolute Gasteiger partial charge is 0.364 e. The third-order valence-electron chi connectivity index (χ3n) is 4.80. The van der Waals surface area contributed by atoms with Crippen LogP contribution in [0.15, 0.2) is 41.3 Å². The van der Waals surface area contributed by atoms with Gasteiger partial charge >= 0.3 is 5.38 Å². The van der Waals surface area contributed by atoms with Gasteiger partial charge in [-0.1, -0.05) is 25.5 Å². The molecule has 0 aliphatic heterocycles.